The zero-order chi connectivity index (χ0) is 22.2. The first-order valence-corrected chi connectivity index (χ1v) is 10.8. The third-order valence-corrected chi connectivity index (χ3v) is 6.03. The van der Waals surface area contributed by atoms with Crippen LogP contribution in [-0.2, 0) is 6.54 Å². The number of likely N-dealkylation sites (tertiary alicyclic amines) is 1. The summed E-state index contributed by atoms with van der Waals surface area (Å²) in [6.45, 7) is 3.77. The van der Waals surface area contributed by atoms with E-state index in [9.17, 15) is 9.18 Å². The molecule has 0 atom stereocenters. The number of hydrogen-bond donors (Lipinski definition) is 1. The first kappa shape index (κ1) is 20.6. The Hall–Kier alpha value is -3.30. The van der Waals surface area contributed by atoms with Crippen molar-refractivity contribution in [2.45, 2.75) is 19.4 Å². The molecule has 10 heteroatoms. The fourth-order valence-electron chi connectivity index (χ4n) is 4.10. The molecule has 0 unspecified atom stereocenters. The smallest absolute Gasteiger partial charge is 0.269 e. The van der Waals surface area contributed by atoms with Gasteiger partial charge in [0.25, 0.3) is 5.91 Å². The number of benzene rings is 1. The molecule has 0 aliphatic carbocycles. The second kappa shape index (κ2) is 8.33. The van der Waals surface area contributed by atoms with Gasteiger partial charge in [-0.05, 0) is 56.3 Å². The van der Waals surface area contributed by atoms with E-state index < -0.39 is 11.7 Å². The maximum Gasteiger partial charge on any atom is 0.269 e. The van der Waals surface area contributed by atoms with Crippen molar-refractivity contribution in [1.29, 1.82) is 0 Å². The van der Waals surface area contributed by atoms with Crippen LogP contribution in [0.5, 0.6) is 0 Å². The number of carbonyl (C=O) groups is 1. The Balaban J connectivity index is 1.62. The van der Waals surface area contributed by atoms with E-state index in [2.05, 4.69) is 20.0 Å². The van der Waals surface area contributed by atoms with Gasteiger partial charge in [-0.15, -0.1) is 0 Å². The lowest BCUT2D eigenvalue weighted by molar-refractivity contribution is 0.0993. The van der Waals surface area contributed by atoms with Gasteiger partial charge in [-0.3, -0.25) is 4.79 Å². The van der Waals surface area contributed by atoms with E-state index >= 15 is 0 Å². The van der Waals surface area contributed by atoms with E-state index in [4.69, 9.17) is 17.3 Å². The maximum absolute atomic E-state index is 13.8. The molecule has 4 aromatic rings. The Morgan fingerprint density at radius 1 is 1.12 bits per heavy atom. The summed E-state index contributed by atoms with van der Waals surface area (Å²) >= 11 is 6.04. The van der Waals surface area contributed by atoms with E-state index in [0.717, 1.165) is 25.3 Å². The number of nitrogens with two attached hydrogens (primary N) is 1. The predicted molar refractivity (Wildman–Crippen MR) is 119 cm³/mol. The van der Waals surface area contributed by atoms with Gasteiger partial charge < -0.3 is 15.2 Å². The number of rotatable bonds is 6. The van der Waals surface area contributed by atoms with Crippen LogP contribution in [0.3, 0.4) is 0 Å². The van der Waals surface area contributed by atoms with Crippen molar-refractivity contribution in [1.82, 2.24) is 29.0 Å². The minimum Gasteiger partial charge on any atom is -0.364 e. The zero-order valence-electron chi connectivity index (χ0n) is 17.2. The standard InChI is InChI=1S/C22H21ClFN7O/c23-15-11-14(3-4-16(15)24)20-21(30(13-27-20)10-9-29-7-1-2-8-29)17-5-6-19-26-12-18(22(25)32)31(19)28-17/h3-6,11-13H,1-2,7-10H2,(H2,25,32). The average Bonchev–Trinajstić information content (AvgIpc) is 3.52. The molecule has 0 saturated carbocycles. The molecular formula is C22H21ClFN7O. The highest BCUT2D eigenvalue weighted by Crippen LogP contribution is 2.32. The van der Waals surface area contributed by atoms with Crippen molar-refractivity contribution in [3.8, 4) is 22.6 Å². The monoisotopic (exact) mass is 453 g/mol. The lowest BCUT2D eigenvalue weighted by Crippen LogP contribution is -2.24. The first-order chi connectivity index (χ1) is 15.5. The number of halogens is 2. The minimum atomic E-state index is -0.616. The van der Waals surface area contributed by atoms with Crippen molar-refractivity contribution in [2.24, 2.45) is 5.73 Å². The Labute approximate surface area is 188 Å². The Kier molecular flexibility index (Phi) is 5.36. The number of hydrogen-bond acceptors (Lipinski definition) is 5. The zero-order valence-corrected chi connectivity index (χ0v) is 18.0. The van der Waals surface area contributed by atoms with Crippen LogP contribution in [0.4, 0.5) is 4.39 Å². The molecule has 2 N–H and O–H groups in total. The lowest BCUT2D eigenvalue weighted by Gasteiger charge is -2.16. The molecule has 1 aromatic carbocycles. The molecule has 0 radical (unpaired) electrons. The number of fused-ring (bicyclic) bond motifs is 1. The van der Waals surface area contributed by atoms with Gasteiger partial charge >= 0.3 is 0 Å². The minimum absolute atomic E-state index is 0.0223. The van der Waals surface area contributed by atoms with Gasteiger partial charge in [0.1, 0.15) is 17.2 Å². The summed E-state index contributed by atoms with van der Waals surface area (Å²) in [5, 5.41) is 4.66. The summed E-state index contributed by atoms with van der Waals surface area (Å²) in [4.78, 5) is 23.0. The van der Waals surface area contributed by atoms with Crippen molar-refractivity contribution < 1.29 is 9.18 Å². The maximum atomic E-state index is 13.8. The summed E-state index contributed by atoms with van der Waals surface area (Å²) < 4.78 is 17.2. The normalized spacial score (nSPS) is 14.4. The van der Waals surface area contributed by atoms with Crippen LogP contribution in [-0.4, -0.2) is 54.6 Å². The van der Waals surface area contributed by atoms with Gasteiger partial charge in [-0.2, -0.15) is 5.10 Å². The molecule has 0 spiro atoms. The van der Waals surface area contributed by atoms with Gasteiger partial charge in [-0.1, -0.05) is 11.6 Å². The van der Waals surface area contributed by atoms with Gasteiger partial charge in [0.15, 0.2) is 5.65 Å². The van der Waals surface area contributed by atoms with E-state index in [0.29, 0.717) is 29.1 Å². The quantitative estimate of drug-likeness (QED) is 0.483. The molecule has 0 bridgehead atoms. The van der Waals surface area contributed by atoms with E-state index in [1.54, 1.807) is 24.5 Å². The molecule has 1 aliphatic rings. The molecule has 8 nitrogen and oxygen atoms in total. The van der Waals surface area contributed by atoms with E-state index in [1.807, 2.05) is 10.6 Å². The molecule has 1 aliphatic heterocycles. The van der Waals surface area contributed by atoms with Crippen LogP contribution in [0, 0.1) is 5.82 Å². The number of imidazole rings is 2. The van der Waals surface area contributed by atoms with Crippen molar-refractivity contribution in [2.75, 3.05) is 19.6 Å². The summed E-state index contributed by atoms with van der Waals surface area (Å²) in [5.41, 5.74) is 8.82. The van der Waals surface area contributed by atoms with Gasteiger partial charge in [-0.25, -0.2) is 18.9 Å². The highest BCUT2D eigenvalue weighted by Gasteiger charge is 2.20. The van der Waals surface area contributed by atoms with Gasteiger partial charge in [0.2, 0.25) is 0 Å². The molecule has 1 fully saturated rings. The SMILES string of the molecule is NC(=O)c1cnc2ccc(-c3c(-c4ccc(F)c(Cl)c4)ncn3CCN3CCCC3)nn12. The van der Waals surface area contributed by atoms with Crippen molar-refractivity contribution in [3.05, 3.63) is 59.4 Å². The number of aromatic nitrogens is 5. The highest BCUT2D eigenvalue weighted by atomic mass is 35.5. The molecule has 1 amide bonds. The summed E-state index contributed by atoms with van der Waals surface area (Å²) in [5.74, 6) is -1.11. The molecule has 3 aromatic heterocycles. The van der Waals surface area contributed by atoms with Crippen LogP contribution in [0.1, 0.15) is 23.3 Å². The molecule has 1 saturated heterocycles. The van der Waals surface area contributed by atoms with Gasteiger partial charge in [0, 0.05) is 18.7 Å². The first-order valence-electron chi connectivity index (χ1n) is 10.4. The molecule has 4 heterocycles. The summed E-state index contributed by atoms with van der Waals surface area (Å²) in [6.07, 6.45) is 5.59. The predicted octanol–water partition coefficient (Wildman–Crippen LogP) is 3.25. The Morgan fingerprint density at radius 2 is 1.94 bits per heavy atom. The molecule has 5 rings (SSSR count). The van der Waals surface area contributed by atoms with Gasteiger partial charge in [0.05, 0.1) is 28.9 Å². The average molecular weight is 454 g/mol. The van der Waals surface area contributed by atoms with Crippen molar-refractivity contribution in [3.63, 3.8) is 0 Å². The number of nitrogens with zero attached hydrogens (tertiary/aromatic N) is 6. The topological polar surface area (TPSA) is 94.3 Å². The Bertz CT molecular complexity index is 1310. The van der Waals surface area contributed by atoms with Crippen LogP contribution < -0.4 is 5.73 Å². The van der Waals surface area contributed by atoms with Crippen LogP contribution in [0.25, 0.3) is 28.3 Å². The molecule has 164 valence electrons. The van der Waals surface area contributed by atoms with Crippen LogP contribution in [0.2, 0.25) is 5.02 Å². The lowest BCUT2D eigenvalue weighted by atomic mass is 10.1. The number of carbonyl (C=O) groups excluding carboxylic acids is 1. The summed E-state index contributed by atoms with van der Waals surface area (Å²) in [6, 6.07) is 8.11. The third kappa shape index (κ3) is 3.74. The van der Waals surface area contributed by atoms with Crippen LogP contribution >= 0.6 is 11.6 Å². The number of amides is 1. The second-order valence-electron chi connectivity index (χ2n) is 7.81. The third-order valence-electron chi connectivity index (χ3n) is 5.74. The fraction of sp³-hybridized carbons (Fsp3) is 0.273. The highest BCUT2D eigenvalue weighted by molar-refractivity contribution is 6.31. The fourth-order valence-corrected chi connectivity index (χ4v) is 4.28. The summed E-state index contributed by atoms with van der Waals surface area (Å²) in [7, 11) is 0. The number of primary amides is 1. The largest absolute Gasteiger partial charge is 0.364 e. The Morgan fingerprint density at radius 3 is 2.69 bits per heavy atom. The van der Waals surface area contributed by atoms with Crippen molar-refractivity contribution >= 4 is 23.2 Å². The van der Waals surface area contributed by atoms with E-state index in [-0.39, 0.29) is 10.7 Å². The second-order valence-corrected chi connectivity index (χ2v) is 8.22. The van der Waals surface area contributed by atoms with Crippen LogP contribution in [0.15, 0.2) is 42.9 Å². The molecular weight excluding hydrogens is 433 g/mol. The van der Waals surface area contributed by atoms with E-state index in [1.165, 1.54) is 29.6 Å². The molecule has 32 heavy (non-hydrogen) atoms.